The molecule has 0 saturated carbocycles. The normalized spacial score (nSPS) is 13.1. The molecule has 15 heavy (non-hydrogen) atoms. The Hall–Kier alpha value is -0.930. The van der Waals surface area contributed by atoms with Crippen LogP contribution in [0.2, 0.25) is 0 Å². The average molecular weight is 211 g/mol. The van der Waals surface area contributed by atoms with Gasteiger partial charge in [0.05, 0.1) is 6.61 Å². The lowest BCUT2D eigenvalue weighted by atomic mass is 10.1. The Morgan fingerprint density at radius 3 is 2.47 bits per heavy atom. The van der Waals surface area contributed by atoms with Gasteiger partial charge < -0.3 is 4.74 Å². The highest BCUT2D eigenvalue weighted by molar-refractivity contribution is 5.19. The van der Waals surface area contributed by atoms with Crippen LogP contribution in [-0.2, 0) is 4.74 Å². The summed E-state index contributed by atoms with van der Waals surface area (Å²) in [5.74, 6) is -0.189. The standard InChI is InChI=1S/C12H18FNO/c1-10(14(2)8-9-15-3)11-4-6-12(13)7-5-11/h4-7,10H,8-9H2,1-3H3/t10-/m0/s1. The van der Waals surface area contributed by atoms with Gasteiger partial charge in [0.15, 0.2) is 0 Å². The van der Waals surface area contributed by atoms with E-state index in [0.29, 0.717) is 6.61 Å². The molecular formula is C12H18FNO. The predicted molar refractivity (Wildman–Crippen MR) is 59.3 cm³/mol. The fraction of sp³-hybridized carbons (Fsp3) is 0.500. The second-order valence-corrected chi connectivity index (χ2v) is 3.70. The van der Waals surface area contributed by atoms with Crippen LogP contribution < -0.4 is 0 Å². The van der Waals surface area contributed by atoms with E-state index in [1.54, 1.807) is 7.11 Å². The van der Waals surface area contributed by atoms with Crippen LogP contribution in [-0.4, -0.2) is 32.2 Å². The molecule has 0 unspecified atom stereocenters. The highest BCUT2D eigenvalue weighted by Gasteiger charge is 2.10. The van der Waals surface area contributed by atoms with Gasteiger partial charge in [0.1, 0.15) is 5.82 Å². The van der Waals surface area contributed by atoms with Crippen molar-refractivity contribution >= 4 is 0 Å². The summed E-state index contributed by atoms with van der Waals surface area (Å²) < 4.78 is 17.7. The van der Waals surface area contributed by atoms with Crippen LogP contribution >= 0.6 is 0 Å². The molecule has 0 radical (unpaired) electrons. The topological polar surface area (TPSA) is 12.5 Å². The minimum Gasteiger partial charge on any atom is -0.383 e. The fourth-order valence-electron chi connectivity index (χ4n) is 1.42. The lowest BCUT2D eigenvalue weighted by Gasteiger charge is -2.24. The molecule has 0 spiro atoms. The van der Waals surface area contributed by atoms with Crippen LogP contribution in [0.3, 0.4) is 0 Å². The molecule has 1 atom stereocenters. The van der Waals surface area contributed by atoms with E-state index in [1.807, 2.05) is 19.2 Å². The molecule has 0 saturated heterocycles. The third-order valence-electron chi connectivity index (χ3n) is 2.66. The van der Waals surface area contributed by atoms with Gasteiger partial charge in [-0.25, -0.2) is 4.39 Å². The Bertz CT molecular complexity index is 286. The zero-order valence-corrected chi connectivity index (χ0v) is 9.53. The van der Waals surface area contributed by atoms with E-state index in [0.717, 1.165) is 12.1 Å². The predicted octanol–water partition coefficient (Wildman–Crippen LogP) is 2.46. The monoisotopic (exact) mass is 211 g/mol. The quantitative estimate of drug-likeness (QED) is 0.741. The molecule has 1 aromatic carbocycles. The van der Waals surface area contributed by atoms with Crippen molar-refractivity contribution < 1.29 is 9.13 Å². The summed E-state index contributed by atoms with van der Waals surface area (Å²) in [4.78, 5) is 2.18. The summed E-state index contributed by atoms with van der Waals surface area (Å²) in [6, 6.07) is 6.92. The van der Waals surface area contributed by atoms with E-state index in [4.69, 9.17) is 4.74 Å². The van der Waals surface area contributed by atoms with Crippen LogP contribution in [0.15, 0.2) is 24.3 Å². The Morgan fingerprint density at radius 2 is 1.93 bits per heavy atom. The van der Waals surface area contributed by atoms with Crippen LogP contribution in [0.5, 0.6) is 0 Å². The van der Waals surface area contributed by atoms with Crippen LogP contribution in [0, 0.1) is 5.82 Å². The van der Waals surface area contributed by atoms with E-state index in [2.05, 4.69) is 11.8 Å². The number of hydrogen-bond donors (Lipinski definition) is 0. The highest BCUT2D eigenvalue weighted by atomic mass is 19.1. The first-order valence-corrected chi connectivity index (χ1v) is 5.09. The number of halogens is 1. The lowest BCUT2D eigenvalue weighted by molar-refractivity contribution is 0.143. The van der Waals surface area contributed by atoms with Crippen LogP contribution in [0.4, 0.5) is 4.39 Å². The van der Waals surface area contributed by atoms with Gasteiger partial charge in [-0.1, -0.05) is 12.1 Å². The summed E-state index contributed by atoms with van der Waals surface area (Å²) >= 11 is 0. The number of methoxy groups -OCH3 is 1. The summed E-state index contributed by atoms with van der Waals surface area (Å²) in [5, 5.41) is 0. The van der Waals surface area contributed by atoms with E-state index in [1.165, 1.54) is 12.1 Å². The first kappa shape index (κ1) is 12.1. The number of hydrogen-bond acceptors (Lipinski definition) is 2. The number of ether oxygens (including phenoxy) is 1. The Balaban J connectivity index is 2.59. The van der Waals surface area contributed by atoms with E-state index in [-0.39, 0.29) is 11.9 Å². The van der Waals surface area contributed by atoms with Gasteiger partial charge in [0.2, 0.25) is 0 Å². The van der Waals surface area contributed by atoms with Crippen molar-refractivity contribution in [3.8, 4) is 0 Å². The SMILES string of the molecule is COCCN(C)[C@@H](C)c1ccc(F)cc1. The molecule has 0 bridgehead atoms. The molecule has 0 aromatic heterocycles. The zero-order valence-electron chi connectivity index (χ0n) is 9.53. The molecule has 2 nitrogen and oxygen atoms in total. The van der Waals surface area contributed by atoms with Crippen molar-refractivity contribution in [2.75, 3.05) is 27.3 Å². The van der Waals surface area contributed by atoms with Crippen molar-refractivity contribution in [3.63, 3.8) is 0 Å². The molecule has 1 rings (SSSR count). The number of benzene rings is 1. The fourth-order valence-corrected chi connectivity index (χ4v) is 1.42. The van der Waals surface area contributed by atoms with Crippen LogP contribution in [0.25, 0.3) is 0 Å². The second kappa shape index (κ2) is 5.83. The van der Waals surface area contributed by atoms with Crippen molar-refractivity contribution in [3.05, 3.63) is 35.6 Å². The molecule has 84 valence electrons. The van der Waals surface area contributed by atoms with Gasteiger partial charge in [0.25, 0.3) is 0 Å². The smallest absolute Gasteiger partial charge is 0.123 e. The minimum absolute atomic E-state index is 0.189. The average Bonchev–Trinajstić information content (AvgIpc) is 2.26. The van der Waals surface area contributed by atoms with Gasteiger partial charge >= 0.3 is 0 Å². The van der Waals surface area contributed by atoms with E-state index < -0.39 is 0 Å². The van der Waals surface area contributed by atoms with E-state index in [9.17, 15) is 4.39 Å². The maximum absolute atomic E-state index is 12.7. The summed E-state index contributed by atoms with van der Waals surface area (Å²) in [5.41, 5.74) is 1.12. The summed E-state index contributed by atoms with van der Waals surface area (Å²) in [7, 11) is 3.73. The lowest BCUT2D eigenvalue weighted by Crippen LogP contribution is -2.26. The molecule has 0 aliphatic heterocycles. The molecular weight excluding hydrogens is 193 g/mol. The summed E-state index contributed by atoms with van der Waals surface area (Å²) in [6.07, 6.45) is 0. The van der Waals surface area contributed by atoms with Crippen LogP contribution in [0.1, 0.15) is 18.5 Å². The number of likely N-dealkylation sites (N-methyl/N-ethyl adjacent to an activating group) is 1. The van der Waals surface area contributed by atoms with Crippen molar-refractivity contribution in [2.45, 2.75) is 13.0 Å². The molecule has 1 aromatic rings. The van der Waals surface area contributed by atoms with Gasteiger partial charge in [-0.2, -0.15) is 0 Å². The Labute approximate surface area is 90.7 Å². The largest absolute Gasteiger partial charge is 0.383 e. The van der Waals surface area contributed by atoms with Crippen molar-refractivity contribution in [1.82, 2.24) is 4.90 Å². The third-order valence-corrected chi connectivity index (χ3v) is 2.66. The maximum atomic E-state index is 12.7. The highest BCUT2D eigenvalue weighted by Crippen LogP contribution is 2.18. The van der Waals surface area contributed by atoms with Gasteiger partial charge in [-0.3, -0.25) is 4.90 Å². The van der Waals surface area contributed by atoms with Crippen molar-refractivity contribution in [2.24, 2.45) is 0 Å². The Kier molecular flexibility index (Phi) is 4.72. The maximum Gasteiger partial charge on any atom is 0.123 e. The molecule has 0 aliphatic carbocycles. The zero-order chi connectivity index (χ0) is 11.3. The molecule has 0 N–H and O–H groups in total. The van der Waals surface area contributed by atoms with E-state index >= 15 is 0 Å². The van der Waals surface area contributed by atoms with Crippen molar-refractivity contribution in [1.29, 1.82) is 0 Å². The summed E-state index contributed by atoms with van der Waals surface area (Å²) in [6.45, 7) is 3.68. The molecule has 0 aliphatic rings. The van der Waals surface area contributed by atoms with Gasteiger partial charge in [-0.15, -0.1) is 0 Å². The third kappa shape index (κ3) is 3.61. The number of rotatable bonds is 5. The number of nitrogens with zero attached hydrogens (tertiary/aromatic N) is 1. The molecule has 0 fully saturated rings. The second-order valence-electron chi connectivity index (χ2n) is 3.70. The first-order chi connectivity index (χ1) is 7.15. The molecule has 0 amide bonds. The van der Waals surface area contributed by atoms with Gasteiger partial charge in [0, 0.05) is 19.7 Å². The minimum atomic E-state index is -0.189. The molecule has 3 heteroatoms. The molecule has 0 heterocycles. The Morgan fingerprint density at radius 1 is 1.33 bits per heavy atom. The first-order valence-electron chi connectivity index (χ1n) is 5.09. The van der Waals surface area contributed by atoms with Gasteiger partial charge in [-0.05, 0) is 31.7 Å².